The molecule has 1 amide bonds. The van der Waals surface area contributed by atoms with Crippen LogP contribution < -0.4 is 5.32 Å². The lowest BCUT2D eigenvalue weighted by molar-refractivity contribution is -0.124. The van der Waals surface area contributed by atoms with Crippen molar-refractivity contribution in [1.29, 1.82) is 0 Å². The molecule has 4 aromatic rings. The van der Waals surface area contributed by atoms with Gasteiger partial charge in [-0.25, -0.2) is 4.79 Å². The van der Waals surface area contributed by atoms with E-state index >= 15 is 0 Å². The van der Waals surface area contributed by atoms with Gasteiger partial charge in [0.25, 0.3) is 5.91 Å². The maximum Gasteiger partial charge on any atom is 0.338 e. The van der Waals surface area contributed by atoms with Crippen LogP contribution in [0.4, 0.5) is 0 Å². The Morgan fingerprint density at radius 2 is 1.40 bits per heavy atom. The van der Waals surface area contributed by atoms with Gasteiger partial charge in [-0.3, -0.25) is 14.8 Å². The van der Waals surface area contributed by atoms with Gasteiger partial charge in [0, 0.05) is 12.4 Å². The maximum atomic E-state index is 12.5. The van der Waals surface area contributed by atoms with Gasteiger partial charge in [0.05, 0.1) is 22.6 Å². The fourth-order valence-corrected chi connectivity index (χ4v) is 3.16. The van der Waals surface area contributed by atoms with Crippen LogP contribution in [0.5, 0.6) is 0 Å². The van der Waals surface area contributed by atoms with Crippen LogP contribution in [0, 0.1) is 0 Å². The molecule has 0 saturated carbocycles. The van der Waals surface area contributed by atoms with E-state index in [1.54, 1.807) is 30.6 Å². The van der Waals surface area contributed by atoms with Crippen molar-refractivity contribution in [3.63, 3.8) is 0 Å². The number of fused-ring (bicyclic) bond motifs is 1. The molecule has 0 spiro atoms. The molecule has 0 unspecified atom stereocenters. The smallest absolute Gasteiger partial charge is 0.338 e. The minimum Gasteiger partial charge on any atom is -0.452 e. The van der Waals surface area contributed by atoms with Crippen molar-refractivity contribution in [2.24, 2.45) is 0 Å². The van der Waals surface area contributed by atoms with Crippen LogP contribution in [0.25, 0.3) is 11.0 Å². The third-order valence-electron chi connectivity index (χ3n) is 4.61. The van der Waals surface area contributed by atoms with Gasteiger partial charge in [-0.15, -0.1) is 0 Å². The predicted molar refractivity (Wildman–Crippen MR) is 113 cm³/mol. The SMILES string of the molecule is O=C(COC(=O)c1ccc2nccnc2c1)NC(c1ccccc1)c1ccccc1. The second kappa shape index (κ2) is 8.96. The molecule has 0 aliphatic heterocycles. The van der Waals surface area contributed by atoms with Gasteiger partial charge < -0.3 is 10.1 Å². The average molecular weight is 397 g/mol. The van der Waals surface area contributed by atoms with Crippen molar-refractivity contribution in [1.82, 2.24) is 15.3 Å². The Labute approximate surface area is 173 Å². The van der Waals surface area contributed by atoms with Gasteiger partial charge in [0.2, 0.25) is 0 Å². The van der Waals surface area contributed by atoms with Crippen LogP contribution in [-0.2, 0) is 9.53 Å². The number of carbonyl (C=O) groups excluding carboxylic acids is 2. The molecule has 3 aromatic carbocycles. The molecule has 6 nitrogen and oxygen atoms in total. The lowest BCUT2D eigenvalue weighted by atomic mass is 9.99. The number of carbonyl (C=O) groups is 2. The van der Waals surface area contributed by atoms with Crippen LogP contribution in [0.1, 0.15) is 27.5 Å². The Bertz CT molecular complexity index is 1120. The summed E-state index contributed by atoms with van der Waals surface area (Å²) in [5, 5.41) is 2.95. The quantitative estimate of drug-likeness (QED) is 0.502. The fourth-order valence-electron chi connectivity index (χ4n) is 3.16. The van der Waals surface area contributed by atoms with E-state index in [4.69, 9.17) is 4.74 Å². The molecule has 0 bridgehead atoms. The predicted octanol–water partition coefficient (Wildman–Crippen LogP) is 3.69. The van der Waals surface area contributed by atoms with E-state index in [0.29, 0.717) is 16.6 Å². The number of hydrogen-bond donors (Lipinski definition) is 1. The van der Waals surface area contributed by atoms with Crippen molar-refractivity contribution in [3.8, 4) is 0 Å². The number of ether oxygens (including phenoxy) is 1. The third kappa shape index (κ3) is 4.50. The second-order valence-electron chi connectivity index (χ2n) is 6.66. The van der Waals surface area contributed by atoms with Crippen molar-refractivity contribution in [2.45, 2.75) is 6.04 Å². The molecule has 0 aliphatic rings. The van der Waals surface area contributed by atoms with E-state index in [1.165, 1.54) is 0 Å². The number of hydrogen-bond acceptors (Lipinski definition) is 5. The number of esters is 1. The first kappa shape index (κ1) is 19.3. The number of nitrogens with zero attached hydrogens (tertiary/aromatic N) is 2. The minimum atomic E-state index is -0.589. The minimum absolute atomic E-state index is 0.318. The Kier molecular flexibility index (Phi) is 5.75. The number of aromatic nitrogens is 2. The molecule has 0 atom stereocenters. The van der Waals surface area contributed by atoms with Crippen molar-refractivity contribution >= 4 is 22.9 Å². The molecule has 6 heteroatoms. The van der Waals surface area contributed by atoms with Crippen LogP contribution in [-0.4, -0.2) is 28.5 Å². The van der Waals surface area contributed by atoms with Crippen LogP contribution in [0.3, 0.4) is 0 Å². The molecule has 148 valence electrons. The van der Waals surface area contributed by atoms with E-state index in [-0.39, 0.29) is 18.6 Å². The highest BCUT2D eigenvalue weighted by molar-refractivity contribution is 5.94. The summed E-state index contributed by atoms with van der Waals surface area (Å²) in [5.74, 6) is -0.977. The molecular weight excluding hydrogens is 378 g/mol. The molecule has 0 radical (unpaired) electrons. The van der Waals surface area contributed by atoms with Gasteiger partial charge in [-0.1, -0.05) is 60.7 Å². The topological polar surface area (TPSA) is 81.2 Å². The van der Waals surface area contributed by atoms with Gasteiger partial charge in [-0.05, 0) is 29.3 Å². The van der Waals surface area contributed by atoms with Crippen LogP contribution in [0.2, 0.25) is 0 Å². The maximum absolute atomic E-state index is 12.5. The Balaban J connectivity index is 1.43. The largest absolute Gasteiger partial charge is 0.452 e. The van der Waals surface area contributed by atoms with Crippen molar-refractivity contribution in [2.75, 3.05) is 6.61 Å². The zero-order valence-electron chi connectivity index (χ0n) is 16.1. The molecule has 1 N–H and O–H groups in total. The number of amides is 1. The molecule has 1 aromatic heterocycles. The van der Waals surface area contributed by atoms with Crippen LogP contribution >= 0.6 is 0 Å². The molecule has 4 rings (SSSR count). The lowest BCUT2D eigenvalue weighted by Gasteiger charge is -2.20. The van der Waals surface area contributed by atoms with Gasteiger partial charge >= 0.3 is 5.97 Å². The summed E-state index contributed by atoms with van der Waals surface area (Å²) in [6, 6.07) is 23.8. The zero-order valence-corrected chi connectivity index (χ0v) is 16.1. The average Bonchev–Trinajstić information content (AvgIpc) is 2.81. The molecule has 0 aliphatic carbocycles. The van der Waals surface area contributed by atoms with E-state index in [9.17, 15) is 9.59 Å². The second-order valence-corrected chi connectivity index (χ2v) is 6.66. The summed E-state index contributed by atoms with van der Waals surface area (Å²) in [6.45, 7) is -0.381. The highest BCUT2D eigenvalue weighted by atomic mass is 16.5. The standard InChI is InChI=1S/C24H19N3O3/c28-22(16-30-24(29)19-11-12-20-21(15-19)26-14-13-25-20)27-23(17-7-3-1-4-8-17)18-9-5-2-6-10-18/h1-15,23H,16H2,(H,27,28). The molecular formula is C24H19N3O3. The fraction of sp³-hybridized carbons (Fsp3) is 0.0833. The first-order valence-corrected chi connectivity index (χ1v) is 9.48. The van der Waals surface area contributed by atoms with Crippen molar-refractivity contribution < 1.29 is 14.3 Å². The number of benzene rings is 3. The third-order valence-corrected chi connectivity index (χ3v) is 4.61. The molecule has 1 heterocycles. The highest BCUT2D eigenvalue weighted by Gasteiger charge is 2.18. The van der Waals surface area contributed by atoms with Crippen molar-refractivity contribution in [3.05, 3.63) is 108 Å². The molecule has 0 fully saturated rings. The van der Waals surface area contributed by atoms with E-state index < -0.39 is 5.97 Å². The number of rotatable bonds is 6. The Morgan fingerprint density at radius 3 is 2.03 bits per heavy atom. The summed E-state index contributed by atoms with van der Waals surface area (Å²) < 4.78 is 5.21. The summed E-state index contributed by atoms with van der Waals surface area (Å²) in [7, 11) is 0. The summed E-state index contributed by atoms with van der Waals surface area (Å²) >= 11 is 0. The first-order chi connectivity index (χ1) is 14.7. The van der Waals surface area contributed by atoms with Gasteiger partial charge in [0.15, 0.2) is 6.61 Å². The monoisotopic (exact) mass is 397 g/mol. The first-order valence-electron chi connectivity index (χ1n) is 9.48. The molecule has 0 saturated heterocycles. The summed E-state index contributed by atoms with van der Waals surface area (Å²) in [4.78, 5) is 33.2. The van der Waals surface area contributed by atoms with Gasteiger partial charge in [-0.2, -0.15) is 0 Å². The number of nitrogens with one attached hydrogen (secondary N) is 1. The Hall–Kier alpha value is -4.06. The summed E-state index contributed by atoms with van der Waals surface area (Å²) in [6.07, 6.45) is 3.14. The Morgan fingerprint density at radius 1 is 0.800 bits per heavy atom. The lowest BCUT2D eigenvalue weighted by Crippen LogP contribution is -2.33. The highest BCUT2D eigenvalue weighted by Crippen LogP contribution is 2.21. The van der Waals surface area contributed by atoms with Gasteiger partial charge in [0.1, 0.15) is 0 Å². The van der Waals surface area contributed by atoms with E-state index in [2.05, 4.69) is 15.3 Å². The molecule has 30 heavy (non-hydrogen) atoms. The normalized spacial score (nSPS) is 10.7. The van der Waals surface area contributed by atoms with Crippen LogP contribution in [0.15, 0.2) is 91.3 Å². The van der Waals surface area contributed by atoms with E-state index in [1.807, 2.05) is 60.7 Å². The zero-order chi connectivity index (χ0) is 20.8. The van der Waals surface area contributed by atoms with E-state index in [0.717, 1.165) is 11.1 Å². The summed E-state index contributed by atoms with van der Waals surface area (Å²) in [5.41, 5.74) is 3.47.